The van der Waals surface area contributed by atoms with Gasteiger partial charge >= 0.3 is 0 Å². The smallest absolute Gasteiger partial charge is 0.243 e. The minimum absolute atomic E-state index is 0.00165. The van der Waals surface area contributed by atoms with Crippen LogP contribution in [-0.4, -0.2) is 73.2 Å². The Labute approximate surface area is 380 Å². The summed E-state index contributed by atoms with van der Waals surface area (Å²) < 4.78 is 0. The van der Waals surface area contributed by atoms with Gasteiger partial charge in [-0.2, -0.15) is 5.26 Å². The van der Waals surface area contributed by atoms with E-state index >= 15 is 0 Å². The molecule has 4 aliphatic rings. The second kappa shape index (κ2) is 28.8. The van der Waals surface area contributed by atoms with Gasteiger partial charge in [-0.05, 0) is 137 Å². The summed E-state index contributed by atoms with van der Waals surface area (Å²) in [5, 5.41) is 26.9. The Kier molecular flexibility index (Phi) is 24.4. The summed E-state index contributed by atoms with van der Waals surface area (Å²) in [6.07, 6.45) is 21.6. The van der Waals surface area contributed by atoms with E-state index in [1.165, 1.54) is 44.6 Å². The number of nitrogens with one attached hydrogen (secondary N) is 6. The van der Waals surface area contributed by atoms with Crippen LogP contribution in [0.1, 0.15) is 183 Å². The molecule has 0 unspecified atom stereocenters. The van der Waals surface area contributed by atoms with Gasteiger partial charge in [-0.3, -0.25) is 28.8 Å². The summed E-state index contributed by atoms with van der Waals surface area (Å²) in [4.78, 5) is 77.1. The molecule has 4 saturated carbocycles. The number of hydrogen-bond acceptors (Lipinski definition) is 7. The van der Waals surface area contributed by atoms with Crippen molar-refractivity contribution in [2.45, 2.75) is 201 Å². The minimum Gasteiger partial charge on any atom is -0.356 e. The molecular formula is C50H85N7O6. The Morgan fingerprint density at radius 2 is 0.952 bits per heavy atom. The summed E-state index contributed by atoms with van der Waals surface area (Å²) in [5.74, 6) is 2.49. The van der Waals surface area contributed by atoms with Crippen LogP contribution < -0.4 is 31.9 Å². The van der Waals surface area contributed by atoms with Gasteiger partial charge in [0.2, 0.25) is 35.4 Å². The standard InChI is InChI=1S/C50H85N7O6/c1-35(2)25-41(17-16-21-51)55-48(62)43(27-37(5)6)57-49(63)42(26-36(3)4)56-46(60)20-12-9-14-23-53-44(58)18-10-7-13-22-52-45(59)19-11-8-15-24-54-47(61)34-50-31-38-28-39(32-50)30-40(29-38)33-50/h16-17,35-43H,7-15,18-20,22-34H2,1-6H3,(H,52,59)(H,53,58)(H,54,61)(H,55,62)(H,56,60)(H,57,63)/b17-16+/t38?,39?,40?,41-,42+,43+,50?/m1/s1. The fourth-order valence-electron chi connectivity index (χ4n) is 10.6. The van der Waals surface area contributed by atoms with Crippen LogP contribution in [0.5, 0.6) is 0 Å². The third-order valence-corrected chi connectivity index (χ3v) is 13.1. The van der Waals surface area contributed by atoms with Gasteiger partial charge in [0.1, 0.15) is 12.1 Å². The number of allylic oxidation sites excluding steroid dienone is 1. The molecule has 4 fully saturated rings. The van der Waals surface area contributed by atoms with E-state index in [-0.39, 0.29) is 71.1 Å². The molecule has 13 heteroatoms. The number of rotatable bonds is 32. The Hall–Kier alpha value is -3.95. The number of nitriles is 1. The molecule has 0 radical (unpaired) electrons. The monoisotopic (exact) mass is 880 g/mol. The van der Waals surface area contributed by atoms with Crippen LogP contribution in [0.4, 0.5) is 0 Å². The van der Waals surface area contributed by atoms with Crippen LogP contribution in [0, 0.1) is 52.3 Å². The fourth-order valence-corrected chi connectivity index (χ4v) is 10.6. The van der Waals surface area contributed by atoms with E-state index in [1.807, 2.05) is 47.6 Å². The maximum absolute atomic E-state index is 13.5. The van der Waals surface area contributed by atoms with Crippen molar-refractivity contribution in [2.75, 3.05) is 19.6 Å². The second-order valence-corrected chi connectivity index (χ2v) is 20.7. The van der Waals surface area contributed by atoms with E-state index in [0.717, 1.165) is 69.1 Å². The van der Waals surface area contributed by atoms with Crippen molar-refractivity contribution in [1.29, 1.82) is 5.26 Å². The van der Waals surface area contributed by atoms with Crippen LogP contribution >= 0.6 is 0 Å². The molecular weight excluding hydrogens is 795 g/mol. The zero-order valence-electron chi connectivity index (χ0n) is 39.9. The normalized spacial score (nSPS) is 21.5. The molecule has 4 bridgehead atoms. The number of amides is 6. The van der Waals surface area contributed by atoms with Gasteiger partial charge in [0.05, 0.1) is 6.07 Å². The quantitative estimate of drug-likeness (QED) is 0.0301. The zero-order valence-corrected chi connectivity index (χ0v) is 39.9. The fraction of sp³-hybridized carbons (Fsp3) is 0.820. The van der Waals surface area contributed by atoms with E-state index in [9.17, 15) is 28.8 Å². The predicted octanol–water partition coefficient (Wildman–Crippen LogP) is 7.30. The largest absolute Gasteiger partial charge is 0.356 e. The average Bonchev–Trinajstić information content (AvgIpc) is 3.19. The van der Waals surface area contributed by atoms with Gasteiger partial charge in [0.15, 0.2) is 0 Å². The molecule has 356 valence electrons. The molecule has 4 aliphatic carbocycles. The van der Waals surface area contributed by atoms with Crippen molar-refractivity contribution in [2.24, 2.45) is 40.9 Å². The Morgan fingerprint density at radius 3 is 1.40 bits per heavy atom. The van der Waals surface area contributed by atoms with Gasteiger partial charge in [-0.25, -0.2) is 0 Å². The molecule has 0 saturated heterocycles. The van der Waals surface area contributed by atoms with E-state index in [1.54, 1.807) is 6.08 Å². The van der Waals surface area contributed by atoms with Crippen molar-refractivity contribution in [3.05, 3.63) is 12.2 Å². The lowest BCUT2D eigenvalue weighted by Gasteiger charge is -2.56. The van der Waals surface area contributed by atoms with Crippen molar-refractivity contribution in [1.82, 2.24) is 31.9 Å². The molecule has 0 aromatic rings. The van der Waals surface area contributed by atoms with Gasteiger partial charge in [0.25, 0.3) is 0 Å². The first-order valence-corrected chi connectivity index (χ1v) is 24.8. The van der Waals surface area contributed by atoms with Gasteiger partial charge in [-0.1, -0.05) is 66.9 Å². The van der Waals surface area contributed by atoms with E-state index in [0.29, 0.717) is 64.6 Å². The molecule has 6 amide bonds. The first-order chi connectivity index (χ1) is 30.1. The number of unbranched alkanes of at least 4 members (excludes halogenated alkanes) is 6. The summed E-state index contributed by atoms with van der Waals surface area (Å²) in [6.45, 7) is 13.8. The number of hydrogen-bond donors (Lipinski definition) is 6. The molecule has 0 aromatic carbocycles. The highest BCUT2D eigenvalue weighted by atomic mass is 16.2. The summed E-state index contributed by atoms with van der Waals surface area (Å²) in [5.41, 5.74) is 0.277. The van der Waals surface area contributed by atoms with Crippen molar-refractivity contribution >= 4 is 35.4 Å². The Morgan fingerprint density at radius 1 is 0.540 bits per heavy atom. The number of carbonyl (C=O) groups is 6. The molecule has 13 nitrogen and oxygen atoms in total. The Bertz CT molecular complexity index is 1480. The van der Waals surface area contributed by atoms with Crippen LogP contribution in [-0.2, 0) is 28.8 Å². The van der Waals surface area contributed by atoms with Crippen molar-refractivity contribution in [3.8, 4) is 6.07 Å². The lowest BCUT2D eigenvalue weighted by molar-refractivity contribution is -0.132. The highest BCUT2D eigenvalue weighted by molar-refractivity contribution is 5.92. The molecule has 0 spiro atoms. The highest BCUT2D eigenvalue weighted by Crippen LogP contribution is 2.61. The Balaban J connectivity index is 1.18. The van der Waals surface area contributed by atoms with Crippen molar-refractivity contribution in [3.63, 3.8) is 0 Å². The predicted molar refractivity (Wildman–Crippen MR) is 249 cm³/mol. The molecule has 3 atom stereocenters. The molecule has 0 aliphatic heterocycles. The third-order valence-electron chi connectivity index (χ3n) is 13.1. The van der Waals surface area contributed by atoms with Crippen LogP contribution in [0.15, 0.2) is 12.2 Å². The van der Waals surface area contributed by atoms with Crippen LogP contribution in [0.3, 0.4) is 0 Å². The minimum atomic E-state index is -0.781. The van der Waals surface area contributed by atoms with E-state index in [2.05, 4.69) is 31.9 Å². The number of carbonyl (C=O) groups excluding carboxylic acids is 6. The lowest BCUT2D eigenvalue weighted by Crippen LogP contribution is -2.55. The summed E-state index contributed by atoms with van der Waals surface area (Å²) >= 11 is 0. The molecule has 0 heterocycles. The van der Waals surface area contributed by atoms with Crippen LogP contribution in [0.25, 0.3) is 0 Å². The molecule has 6 N–H and O–H groups in total. The van der Waals surface area contributed by atoms with Gasteiger partial charge in [-0.15, -0.1) is 0 Å². The second-order valence-electron chi connectivity index (χ2n) is 20.7. The summed E-state index contributed by atoms with van der Waals surface area (Å²) in [6, 6.07) is 0.0876. The topological polar surface area (TPSA) is 198 Å². The first kappa shape index (κ1) is 53.4. The third kappa shape index (κ3) is 22.0. The zero-order chi connectivity index (χ0) is 46.2. The van der Waals surface area contributed by atoms with Gasteiger partial charge < -0.3 is 31.9 Å². The SMILES string of the molecule is CC(C)C[C@@H](/C=C/C#N)NC(=O)[C@H](CC(C)C)NC(=O)[C@H](CC(C)C)NC(=O)CCCCCNC(=O)CCCCCNC(=O)CCCCCNC(=O)CC12CC3CC(CC(C3)C1)C2. The molecule has 63 heavy (non-hydrogen) atoms. The number of nitrogens with zero attached hydrogens (tertiary/aromatic N) is 1. The molecule has 0 aromatic heterocycles. The van der Waals surface area contributed by atoms with E-state index < -0.39 is 12.1 Å². The average molecular weight is 880 g/mol. The first-order valence-electron chi connectivity index (χ1n) is 24.8. The summed E-state index contributed by atoms with van der Waals surface area (Å²) in [7, 11) is 0. The van der Waals surface area contributed by atoms with E-state index in [4.69, 9.17) is 5.26 Å². The maximum Gasteiger partial charge on any atom is 0.243 e. The lowest BCUT2D eigenvalue weighted by atomic mass is 9.49. The maximum atomic E-state index is 13.5. The van der Waals surface area contributed by atoms with Crippen molar-refractivity contribution < 1.29 is 28.8 Å². The highest BCUT2D eigenvalue weighted by Gasteiger charge is 2.51. The van der Waals surface area contributed by atoms with Gasteiger partial charge in [0, 0.05) is 57.4 Å². The molecule has 4 rings (SSSR count). The van der Waals surface area contributed by atoms with Crippen LogP contribution in [0.2, 0.25) is 0 Å².